The zero-order chi connectivity index (χ0) is 18.2. The molecule has 6 nitrogen and oxygen atoms in total. The molecule has 0 atom stereocenters. The van der Waals surface area contributed by atoms with Crippen LogP contribution >= 0.6 is 0 Å². The average molecular weight is 343 g/mol. The standard InChI is InChI=1S/C19H21NO5/c1-13-5-4-6-17(14(13)2)24-12-19(22)25-11-18(21)20-15-7-9-16(23-3)10-8-15/h4-10H,11-12H2,1-3H3,(H,20,21). The van der Waals surface area contributed by atoms with Crippen LogP contribution in [0, 0.1) is 13.8 Å². The number of amides is 1. The number of ether oxygens (including phenoxy) is 3. The molecule has 0 unspecified atom stereocenters. The van der Waals surface area contributed by atoms with E-state index in [1.54, 1.807) is 37.4 Å². The maximum absolute atomic E-state index is 11.8. The number of benzene rings is 2. The fourth-order valence-electron chi connectivity index (χ4n) is 2.08. The van der Waals surface area contributed by atoms with Crippen molar-refractivity contribution < 1.29 is 23.8 Å². The van der Waals surface area contributed by atoms with Crippen LogP contribution in [0.25, 0.3) is 0 Å². The lowest BCUT2D eigenvalue weighted by atomic mass is 10.1. The SMILES string of the molecule is COc1ccc(NC(=O)COC(=O)COc2cccc(C)c2C)cc1. The van der Waals surface area contributed by atoms with Crippen LogP contribution in [0.1, 0.15) is 11.1 Å². The summed E-state index contributed by atoms with van der Waals surface area (Å²) in [7, 11) is 1.56. The molecule has 0 saturated heterocycles. The van der Waals surface area contributed by atoms with Gasteiger partial charge in [0, 0.05) is 5.69 Å². The molecule has 2 aromatic rings. The van der Waals surface area contributed by atoms with E-state index in [0.717, 1.165) is 11.1 Å². The Kier molecular flexibility index (Phi) is 6.39. The second-order valence-electron chi connectivity index (χ2n) is 5.42. The van der Waals surface area contributed by atoms with Crippen LogP contribution in [-0.2, 0) is 14.3 Å². The van der Waals surface area contributed by atoms with Crippen molar-refractivity contribution in [3.63, 3.8) is 0 Å². The molecule has 0 aromatic heterocycles. The third kappa shape index (κ3) is 5.53. The molecule has 6 heteroatoms. The number of rotatable bonds is 7. The monoisotopic (exact) mass is 343 g/mol. The molecule has 0 heterocycles. The number of methoxy groups -OCH3 is 1. The summed E-state index contributed by atoms with van der Waals surface area (Å²) in [5.74, 6) is 0.281. The average Bonchev–Trinajstić information content (AvgIpc) is 2.62. The molecule has 0 aliphatic rings. The van der Waals surface area contributed by atoms with Gasteiger partial charge in [-0.1, -0.05) is 12.1 Å². The van der Waals surface area contributed by atoms with Gasteiger partial charge in [-0.2, -0.15) is 0 Å². The zero-order valence-electron chi connectivity index (χ0n) is 14.5. The van der Waals surface area contributed by atoms with Gasteiger partial charge in [-0.3, -0.25) is 4.79 Å². The number of hydrogen-bond donors (Lipinski definition) is 1. The molecule has 0 saturated carbocycles. The summed E-state index contributed by atoms with van der Waals surface area (Å²) in [4.78, 5) is 23.5. The third-order valence-electron chi connectivity index (χ3n) is 3.64. The van der Waals surface area contributed by atoms with E-state index in [9.17, 15) is 9.59 Å². The maximum atomic E-state index is 11.8. The van der Waals surface area contributed by atoms with E-state index in [1.807, 2.05) is 26.0 Å². The van der Waals surface area contributed by atoms with Crippen molar-refractivity contribution in [2.24, 2.45) is 0 Å². The highest BCUT2D eigenvalue weighted by atomic mass is 16.6. The minimum absolute atomic E-state index is 0.250. The van der Waals surface area contributed by atoms with Gasteiger partial charge in [0.05, 0.1) is 7.11 Å². The van der Waals surface area contributed by atoms with Crippen LogP contribution < -0.4 is 14.8 Å². The molecule has 0 aliphatic heterocycles. The van der Waals surface area contributed by atoms with Gasteiger partial charge in [-0.25, -0.2) is 4.79 Å². The number of aryl methyl sites for hydroxylation is 1. The predicted octanol–water partition coefficient (Wildman–Crippen LogP) is 2.87. The van der Waals surface area contributed by atoms with Crippen molar-refractivity contribution in [3.8, 4) is 11.5 Å². The Labute approximate surface area is 146 Å². The van der Waals surface area contributed by atoms with Crippen LogP contribution in [0.2, 0.25) is 0 Å². The van der Waals surface area contributed by atoms with Crippen molar-refractivity contribution in [2.45, 2.75) is 13.8 Å². The molecule has 0 radical (unpaired) electrons. The lowest BCUT2D eigenvalue weighted by molar-refractivity contribution is -0.149. The van der Waals surface area contributed by atoms with Crippen LogP contribution in [0.5, 0.6) is 11.5 Å². The lowest BCUT2D eigenvalue weighted by Gasteiger charge is -2.11. The van der Waals surface area contributed by atoms with Crippen LogP contribution in [0.3, 0.4) is 0 Å². The zero-order valence-corrected chi connectivity index (χ0v) is 14.5. The first kappa shape index (κ1) is 18.3. The first-order valence-corrected chi connectivity index (χ1v) is 7.78. The van der Waals surface area contributed by atoms with E-state index in [-0.39, 0.29) is 13.2 Å². The fourth-order valence-corrected chi connectivity index (χ4v) is 2.08. The van der Waals surface area contributed by atoms with Gasteiger partial charge < -0.3 is 19.5 Å². The van der Waals surface area contributed by atoms with Crippen molar-refractivity contribution in [2.75, 3.05) is 25.6 Å². The molecular weight excluding hydrogens is 322 g/mol. The van der Waals surface area contributed by atoms with Gasteiger partial charge in [0.25, 0.3) is 5.91 Å². The fraction of sp³-hybridized carbons (Fsp3) is 0.263. The van der Waals surface area contributed by atoms with Gasteiger partial charge in [0.2, 0.25) is 0 Å². The van der Waals surface area contributed by atoms with Gasteiger partial charge in [-0.05, 0) is 55.3 Å². The lowest BCUT2D eigenvalue weighted by Crippen LogP contribution is -2.23. The van der Waals surface area contributed by atoms with E-state index >= 15 is 0 Å². The van der Waals surface area contributed by atoms with E-state index in [2.05, 4.69) is 5.32 Å². The molecular formula is C19H21NO5. The molecule has 2 rings (SSSR count). The minimum atomic E-state index is -0.606. The quantitative estimate of drug-likeness (QED) is 0.783. The summed E-state index contributed by atoms with van der Waals surface area (Å²) in [6.45, 7) is 3.25. The number of carbonyl (C=O) groups excluding carboxylic acids is 2. The summed E-state index contributed by atoms with van der Waals surface area (Å²) < 4.78 is 15.4. The second kappa shape index (κ2) is 8.73. The molecule has 1 N–H and O–H groups in total. The first-order valence-electron chi connectivity index (χ1n) is 7.78. The summed E-state index contributed by atoms with van der Waals surface area (Å²) in [6.07, 6.45) is 0. The molecule has 0 fully saturated rings. The Morgan fingerprint density at radius 2 is 1.72 bits per heavy atom. The van der Waals surface area contributed by atoms with Crippen LogP contribution in [0.15, 0.2) is 42.5 Å². The van der Waals surface area contributed by atoms with Gasteiger partial charge >= 0.3 is 5.97 Å². The Morgan fingerprint density at radius 3 is 2.40 bits per heavy atom. The summed E-state index contributed by atoms with van der Waals surface area (Å²) in [5.41, 5.74) is 2.63. The maximum Gasteiger partial charge on any atom is 0.344 e. The summed E-state index contributed by atoms with van der Waals surface area (Å²) in [5, 5.41) is 2.63. The number of nitrogens with one attached hydrogen (secondary N) is 1. The highest BCUT2D eigenvalue weighted by Crippen LogP contribution is 2.20. The Bertz CT molecular complexity index is 740. The van der Waals surface area contributed by atoms with Gasteiger partial charge in [0.15, 0.2) is 13.2 Å². The summed E-state index contributed by atoms with van der Waals surface area (Å²) >= 11 is 0. The number of carbonyl (C=O) groups is 2. The second-order valence-corrected chi connectivity index (χ2v) is 5.42. The van der Waals surface area contributed by atoms with E-state index in [4.69, 9.17) is 14.2 Å². The number of hydrogen-bond acceptors (Lipinski definition) is 5. The first-order chi connectivity index (χ1) is 12.0. The van der Waals surface area contributed by atoms with Crippen molar-refractivity contribution >= 4 is 17.6 Å². The van der Waals surface area contributed by atoms with Crippen molar-refractivity contribution in [1.29, 1.82) is 0 Å². The van der Waals surface area contributed by atoms with Crippen molar-refractivity contribution in [3.05, 3.63) is 53.6 Å². The molecule has 0 aliphatic carbocycles. The topological polar surface area (TPSA) is 73.9 Å². The Morgan fingerprint density at radius 1 is 1.00 bits per heavy atom. The highest BCUT2D eigenvalue weighted by Gasteiger charge is 2.10. The minimum Gasteiger partial charge on any atom is -0.497 e. The number of anilines is 1. The number of esters is 1. The molecule has 132 valence electrons. The van der Waals surface area contributed by atoms with Crippen LogP contribution in [0.4, 0.5) is 5.69 Å². The smallest absolute Gasteiger partial charge is 0.344 e. The van der Waals surface area contributed by atoms with E-state index < -0.39 is 11.9 Å². The molecule has 25 heavy (non-hydrogen) atoms. The third-order valence-corrected chi connectivity index (χ3v) is 3.64. The van der Waals surface area contributed by atoms with Gasteiger partial charge in [-0.15, -0.1) is 0 Å². The Hall–Kier alpha value is -3.02. The highest BCUT2D eigenvalue weighted by molar-refractivity contribution is 5.92. The van der Waals surface area contributed by atoms with E-state index in [1.165, 1.54) is 0 Å². The largest absolute Gasteiger partial charge is 0.497 e. The summed E-state index contributed by atoms with van der Waals surface area (Å²) in [6, 6.07) is 12.4. The normalized spacial score (nSPS) is 10.0. The van der Waals surface area contributed by atoms with Gasteiger partial charge in [0.1, 0.15) is 11.5 Å². The van der Waals surface area contributed by atoms with Crippen molar-refractivity contribution in [1.82, 2.24) is 0 Å². The molecule has 0 spiro atoms. The predicted molar refractivity (Wildman–Crippen MR) is 94.0 cm³/mol. The van der Waals surface area contributed by atoms with Crippen LogP contribution in [-0.4, -0.2) is 32.2 Å². The van der Waals surface area contributed by atoms with E-state index in [0.29, 0.717) is 17.2 Å². The molecule has 0 bridgehead atoms. The molecule has 1 amide bonds. The Balaban J connectivity index is 1.75. The molecule has 2 aromatic carbocycles.